The number of aryl methyl sites for hydroxylation is 4. The first kappa shape index (κ1) is 55.1. The number of allylic oxidation sites excluding steroid dienone is 2. The molecule has 0 amide bonds. The monoisotopic (exact) mass is 881 g/mol. The molecule has 3 rings (SSSR count). The fourth-order valence-electron chi connectivity index (χ4n) is 9.25. The molecule has 0 aliphatic carbocycles. The van der Waals surface area contributed by atoms with E-state index in [2.05, 4.69) is 92.7 Å². The third-order valence-electron chi connectivity index (χ3n) is 12.9. The van der Waals surface area contributed by atoms with Crippen molar-refractivity contribution in [3.8, 4) is 0 Å². The van der Waals surface area contributed by atoms with Crippen molar-refractivity contribution >= 4 is 11.4 Å². The van der Waals surface area contributed by atoms with E-state index in [1.165, 1.54) is 194 Å². The van der Waals surface area contributed by atoms with E-state index in [1.54, 1.807) is 38.1 Å². The number of nitrogens with zero attached hydrogens (tertiary/aromatic N) is 2. The second kappa shape index (κ2) is 35.4. The van der Waals surface area contributed by atoms with Gasteiger partial charge in [0.25, 0.3) is 0 Å². The van der Waals surface area contributed by atoms with Gasteiger partial charge < -0.3 is 5.53 Å². The van der Waals surface area contributed by atoms with Crippen LogP contribution in [0.4, 0.5) is 0 Å². The molecule has 1 aliphatic rings. The maximum absolute atomic E-state index is 12.6. The Bertz CT molecular complexity index is 1460. The Morgan fingerprint density at radius 1 is 0.377 bits per heavy atom. The van der Waals surface area contributed by atoms with Crippen LogP contribution in [-0.2, 0) is 53.0 Å². The molecule has 0 N–H and O–H groups in total. The summed E-state index contributed by atoms with van der Waals surface area (Å²) in [5.41, 5.74) is 27.9. The van der Waals surface area contributed by atoms with Crippen LogP contribution in [0.1, 0.15) is 267 Å². The Balaban J connectivity index is 0.00000241. The predicted molar refractivity (Wildman–Crippen MR) is 270 cm³/mol. The van der Waals surface area contributed by atoms with Crippen LogP contribution in [0.3, 0.4) is 0 Å². The molecule has 0 saturated heterocycles. The molecule has 2 nitrogen and oxygen atoms in total. The summed E-state index contributed by atoms with van der Waals surface area (Å²) >= 11 is 1.82. The normalized spacial score (nSPS) is 12.7. The molecule has 1 heterocycles. The first-order valence-electron chi connectivity index (χ1n) is 26.6. The van der Waals surface area contributed by atoms with Crippen LogP contribution in [0.15, 0.2) is 35.9 Å². The Morgan fingerprint density at radius 2 is 0.705 bits per heavy atom. The third kappa shape index (κ3) is 20.6. The average Bonchev–Trinajstić information content (AvgIpc) is 3.60. The molecular weight excluding hydrogens is 783 g/mol. The zero-order valence-electron chi connectivity index (χ0n) is 41.9. The first-order chi connectivity index (χ1) is 29.9. The van der Waals surface area contributed by atoms with E-state index >= 15 is 0 Å². The van der Waals surface area contributed by atoms with Crippen LogP contribution >= 0.6 is 0 Å². The second-order valence-electron chi connectivity index (χ2n) is 18.1. The van der Waals surface area contributed by atoms with Crippen molar-refractivity contribution in [1.82, 2.24) is 0 Å². The molecular formula is C58H98N2Ni. The minimum absolute atomic E-state index is 1.00. The van der Waals surface area contributed by atoms with Gasteiger partial charge in [-0.1, -0.05) is 158 Å². The van der Waals surface area contributed by atoms with E-state index in [4.69, 9.17) is 0 Å². The molecule has 0 radical (unpaired) electrons. The van der Waals surface area contributed by atoms with Gasteiger partial charge in [0.1, 0.15) is 0 Å². The molecule has 0 fully saturated rings. The van der Waals surface area contributed by atoms with E-state index in [1.807, 2.05) is 14.4 Å². The van der Waals surface area contributed by atoms with Gasteiger partial charge in [0.05, 0.1) is 0 Å². The van der Waals surface area contributed by atoms with Crippen LogP contribution in [-0.4, -0.2) is 4.70 Å². The fourth-order valence-corrected chi connectivity index (χ4v) is 9.74. The van der Waals surface area contributed by atoms with E-state index in [-0.39, 0.29) is 0 Å². The summed E-state index contributed by atoms with van der Waals surface area (Å²) in [6, 6.07) is 10.1. The molecule has 3 heteroatoms. The van der Waals surface area contributed by atoms with Crippen LogP contribution < -0.4 is 0 Å². The van der Waals surface area contributed by atoms with Crippen molar-refractivity contribution in [3.05, 3.63) is 86.0 Å². The van der Waals surface area contributed by atoms with Crippen LogP contribution in [0, 0.1) is 0 Å². The van der Waals surface area contributed by atoms with Crippen LogP contribution in [0.25, 0.3) is 16.9 Å². The molecule has 0 saturated carbocycles. The minimum atomic E-state index is 1.00. The Hall–Kier alpha value is -1.99. The summed E-state index contributed by atoms with van der Waals surface area (Å²) in [6.07, 6.45) is 40.9. The van der Waals surface area contributed by atoms with E-state index in [0.717, 1.165) is 43.5 Å². The Labute approximate surface area is 386 Å². The van der Waals surface area contributed by atoms with Gasteiger partial charge in [0.2, 0.25) is 11.4 Å². The Kier molecular flexibility index (Phi) is 32.0. The van der Waals surface area contributed by atoms with E-state index in [0.29, 0.717) is 0 Å². The summed E-state index contributed by atoms with van der Waals surface area (Å²) in [7, 11) is 0. The van der Waals surface area contributed by atoms with E-state index < -0.39 is 0 Å². The molecule has 61 heavy (non-hydrogen) atoms. The maximum atomic E-state index is 12.6. The van der Waals surface area contributed by atoms with Gasteiger partial charge in [-0.15, -0.1) is 0 Å². The average molecular weight is 882 g/mol. The van der Waals surface area contributed by atoms with Crippen molar-refractivity contribution in [1.29, 1.82) is 0 Å². The van der Waals surface area contributed by atoms with Gasteiger partial charge in [0.15, 0.2) is 0 Å². The molecule has 2 aromatic carbocycles. The van der Waals surface area contributed by atoms with Gasteiger partial charge in [-0.3, -0.25) is 0 Å². The molecule has 2 aromatic rings. The second-order valence-corrected chi connectivity index (χ2v) is 20.0. The van der Waals surface area contributed by atoms with Crippen LogP contribution in [0.5, 0.6) is 0 Å². The molecule has 0 unspecified atom stereocenters. The summed E-state index contributed by atoms with van der Waals surface area (Å²) in [5, 5.41) is 2.56. The number of benzene rings is 2. The molecule has 0 aromatic heterocycles. The zero-order chi connectivity index (χ0) is 44.5. The van der Waals surface area contributed by atoms with Gasteiger partial charge in [-0.05, 0) is 148 Å². The zero-order valence-corrected chi connectivity index (χ0v) is 42.9. The summed E-state index contributed by atoms with van der Waals surface area (Å²) in [6.45, 7) is 20.6. The van der Waals surface area contributed by atoms with Gasteiger partial charge in [-0.2, -0.15) is 0 Å². The molecule has 1 aliphatic heterocycles. The third-order valence-corrected chi connectivity index (χ3v) is 13.9. The summed E-state index contributed by atoms with van der Waals surface area (Å²) in [5.74, 6) is 0. The standard InChI is InChI=1S/C54H88N2.2C2H5.Ni/c1-8-15-22-27-32-44-39-49(40-45(33-28-23-16-9-2)51(44)37-20-13-6)53-43-48(36-31-26-19-12-5)54(56(53)55)50-41-46(34-29-24-17-10-3)52(38-21-14-7)47(42-50)35-30-25-18-11-4;2*1-2;/h39-43H,8-38H2,1-7H3;2*1H2,2H3;. The summed E-state index contributed by atoms with van der Waals surface area (Å²) < 4.78 is 1.65. The van der Waals surface area contributed by atoms with Crippen molar-refractivity contribution in [2.75, 3.05) is 0 Å². The predicted octanol–water partition coefficient (Wildman–Crippen LogP) is 19.6. The topological polar surface area (TPSA) is 25.3 Å². The van der Waals surface area contributed by atoms with Crippen molar-refractivity contribution in [2.45, 2.75) is 272 Å². The SMILES string of the molecule is CCCCCCC1=C(c2cc(CCCCCC)c(CCCC)c(CCCCCC)c2)[N+](=[N-])C(c2cc(CCCCCC)c(CCCC)c(CCCCCC)c2)=C1.C[CH2][Ni][CH2]C. The van der Waals surface area contributed by atoms with Gasteiger partial charge in [-0.25, -0.2) is 4.70 Å². The fraction of sp³-hybridized carbons (Fsp3) is 0.724. The van der Waals surface area contributed by atoms with Crippen molar-refractivity contribution < 1.29 is 19.1 Å². The quantitative estimate of drug-likeness (QED) is 0.0374. The first-order valence-corrected chi connectivity index (χ1v) is 28.0. The number of rotatable bonds is 35. The molecule has 0 bridgehead atoms. The number of unbranched alkanes of at least 4 members (excludes halogenated alkanes) is 17. The Morgan fingerprint density at radius 3 is 1.02 bits per heavy atom. The van der Waals surface area contributed by atoms with Crippen LogP contribution in [0.2, 0.25) is 10.8 Å². The van der Waals surface area contributed by atoms with Crippen molar-refractivity contribution in [2.24, 2.45) is 0 Å². The number of hydrogen-bond acceptors (Lipinski definition) is 0. The summed E-state index contributed by atoms with van der Waals surface area (Å²) in [4.78, 5) is 0. The van der Waals surface area contributed by atoms with Gasteiger partial charge >= 0.3 is 39.1 Å². The molecule has 350 valence electrons. The molecule has 0 atom stereocenters. The van der Waals surface area contributed by atoms with Gasteiger partial charge in [0, 0.05) is 22.8 Å². The number of hydrogen-bond donors (Lipinski definition) is 0. The molecule has 0 spiro atoms. The van der Waals surface area contributed by atoms with E-state index in [9.17, 15) is 5.53 Å². The van der Waals surface area contributed by atoms with Crippen molar-refractivity contribution in [3.63, 3.8) is 0 Å².